The van der Waals surface area contributed by atoms with Gasteiger partial charge in [-0.15, -0.1) is 0 Å². The van der Waals surface area contributed by atoms with E-state index in [1.54, 1.807) is 30.3 Å². The highest BCUT2D eigenvalue weighted by atomic mass is 35.5. The standard InChI is InChI=1S/C14H7Cl2N3O3/c15-9-3-6-12(16)11(7-9)14-17-13(18-22-14)8-1-4-10(5-2-8)19(20)21/h1-7H. The minimum Gasteiger partial charge on any atom is -0.334 e. The summed E-state index contributed by atoms with van der Waals surface area (Å²) in [5.74, 6) is 0.529. The summed E-state index contributed by atoms with van der Waals surface area (Å²) in [6, 6.07) is 10.8. The Bertz CT molecular complexity index is 847. The zero-order valence-corrected chi connectivity index (χ0v) is 12.4. The van der Waals surface area contributed by atoms with Crippen LogP contribution in [0.4, 0.5) is 5.69 Å². The molecule has 0 N–H and O–H groups in total. The summed E-state index contributed by atoms with van der Waals surface area (Å²) in [5.41, 5.74) is 1.11. The molecular weight excluding hydrogens is 329 g/mol. The van der Waals surface area contributed by atoms with Gasteiger partial charge in [0.05, 0.1) is 15.5 Å². The fourth-order valence-corrected chi connectivity index (χ4v) is 2.21. The molecule has 3 aromatic rings. The second-order valence-electron chi connectivity index (χ2n) is 4.35. The van der Waals surface area contributed by atoms with E-state index in [1.165, 1.54) is 12.1 Å². The SMILES string of the molecule is O=[N+]([O-])c1ccc(-c2noc(-c3cc(Cl)ccc3Cl)n2)cc1. The number of benzene rings is 2. The quantitative estimate of drug-likeness (QED) is 0.515. The van der Waals surface area contributed by atoms with Gasteiger partial charge in [-0.2, -0.15) is 4.98 Å². The number of rotatable bonds is 3. The molecule has 0 unspecified atom stereocenters. The normalized spacial score (nSPS) is 10.6. The summed E-state index contributed by atoms with van der Waals surface area (Å²) in [6.45, 7) is 0. The molecule has 0 aliphatic carbocycles. The van der Waals surface area contributed by atoms with Crippen molar-refractivity contribution in [2.75, 3.05) is 0 Å². The maximum Gasteiger partial charge on any atom is 0.269 e. The first-order chi connectivity index (χ1) is 10.5. The largest absolute Gasteiger partial charge is 0.334 e. The van der Waals surface area contributed by atoms with Gasteiger partial charge in [0, 0.05) is 22.7 Å². The van der Waals surface area contributed by atoms with Crippen LogP contribution in [0, 0.1) is 10.1 Å². The Balaban J connectivity index is 1.96. The lowest BCUT2D eigenvalue weighted by Crippen LogP contribution is -1.88. The lowest BCUT2D eigenvalue weighted by atomic mass is 10.2. The van der Waals surface area contributed by atoms with Crippen LogP contribution in [0.5, 0.6) is 0 Å². The third-order valence-corrected chi connectivity index (χ3v) is 3.49. The highest BCUT2D eigenvalue weighted by molar-refractivity contribution is 6.35. The summed E-state index contributed by atoms with van der Waals surface area (Å²) in [4.78, 5) is 14.4. The number of nitro groups is 1. The topological polar surface area (TPSA) is 82.1 Å². The van der Waals surface area contributed by atoms with Crippen LogP contribution in [0.25, 0.3) is 22.8 Å². The van der Waals surface area contributed by atoms with Crippen LogP contribution in [0.3, 0.4) is 0 Å². The molecule has 0 saturated carbocycles. The molecule has 8 heteroatoms. The molecular formula is C14H7Cl2N3O3. The van der Waals surface area contributed by atoms with Gasteiger partial charge in [-0.3, -0.25) is 10.1 Å². The average molecular weight is 336 g/mol. The van der Waals surface area contributed by atoms with E-state index in [4.69, 9.17) is 27.7 Å². The maximum atomic E-state index is 10.6. The number of halogens is 2. The van der Waals surface area contributed by atoms with Crippen LogP contribution < -0.4 is 0 Å². The van der Waals surface area contributed by atoms with Gasteiger partial charge in [0.25, 0.3) is 11.6 Å². The van der Waals surface area contributed by atoms with Crippen LogP contribution in [0.1, 0.15) is 0 Å². The first kappa shape index (κ1) is 14.5. The van der Waals surface area contributed by atoms with Crippen LogP contribution in [-0.4, -0.2) is 15.1 Å². The second kappa shape index (κ2) is 5.75. The van der Waals surface area contributed by atoms with Gasteiger partial charge in [0.15, 0.2) is 0 Å². The molecule has 0 amide bonds. The summed E-state index contributed by atoms with van der Waals surface area (Å²) in [7, 11) is 0. The zero-order valence-electron chi connectivity index (χ0n) is 10.9. The number of hydrogen-bond acceptors (Lipinski definition) is 5. The Kier molecular flexibility index (Phi) is 3.79. The van der Waals surface area contributed by atoms with Crippen LogP contribution in [-0.2, 0) is 0 Å². The highest BCUT2D eigenvalue weighted by Crippen LogP contribution is 2.31. The Hall–Kier alpha value is -2.44. The predicted molar refractivity (Wildman–Crippen MR) is 81.8 cm³/mol. The van der Waals surface area contributed by atoms with E-state index in [-0.39, 0.29) is 11.6 Å². The van der Waals surface area contributed by atoms with Crippen LogP contribution >= 0.6 is 23.2 Å². The van der Waals surface area contributed by atoms with Crippen molar-refractivity contribution in [3.8, 4) is 22.8 Å². The molecule has 0 radical (unpaired) electrons. The van der Waals surface area contributed by atoms with Crippen molar-refractivity contribution < 1.29 is 9.45 Å². The lowest BCUT2D eigenvalue weighted by Gasteiger charge is -1.98. The Morgan fingerprint density at radius 2 is 1.82 bits per heavy atom. The second-order valence-corrected chi connectivity index (χ2v) is 5.19. The summed E-state index contributed by atoms with van der Waals surface area (Å²) in [6.07, 6.45) is 0. The molecule has 22 heavy (non-hydrogen) atoms. The molecule has 0 saturated heterocycles. The number of nitrogens with zero attached hydrogens (tertiary/aromatic N) is 3. The van der Waals surface area contributed by atoms with E-state index in [0.29, 0.717) is 27.0 Å². The van der Waals surface area contributed by atoms with Gasteiger partial charge < -0.3 is 4.52 Å². The molecule has 6 nitrogen and oxygen atoms in total. The van der Waals surface area contributed by atoms with Crippen LogP contribution in [0.2, 0.25) is 10.0 Å². The Labute approximate surface area is 134 Å². The number of nitro benzene ring substituents is 1. The number of aromatic nitrogens is 2. The van der Waals surface area contributed by atoms with Crippen molar-refractivity contribution in [2.45, 2.75) is 0 Å². The fourth-order valence-electron chi connectivity index (χ4n) is 1.84. The molecule has 0 fully saturated rings. The molecule has 3 rings (SSSR count). The van der Waals surface area contributed by atoms with E-state index in [2.05, 4.69) is 10.1 Å². The van der Waals surface area contributed by atoms with Gasteiger partial charge in [0.1, 0.15) is 0 Å². The molecule has 0 spiro atoms. The summed E-state index contributed by atoms with van der Waals surface area (Å²) >= 11 is 12.0. The van der Waals surface area contributed by atoms with E-state index in [9.17, 15) is 10.1 Å². The smallest absolute Gasteiger partial charge is 0.269 e. The minimum absolute atomic E-state index is 0.00893. The van der Waals surface area contributed by atoms with Crippen molar-refractivity contribution >= 4 is 28.9 Å². The fraction of sp³-hybridized carbons (Fsp3) is 0. The molecule has 0 bridgehead atoms. The average Bonchev–Trinajstić information content (AvgIpc) is 2.99. The third kappa shape index (κ3) is 2.79. The highest BCUT2D eigenvalue weighted by Gasteiger charge is 2.15. The predicted octanol–water partition coefficient (Wildman–Crippen LogP) is 4.62. The van der Waals surface area contributed by atoms with Gasteiger partial charge >= 0.3 is 0 Å². The van der Waals surface area contributed by atoms with E-state index in [0.717, 1.165) is 0 Å². The van der Waals surface area contributed by atoms with Crippen molar-refractivity contribution in [1.82, 2.24) is 10.1 Å². The van der Waals surface area contributed by atoms with Crippen molar-refractivity contribution in [3.63, 3.8) is 0 Å². The third-order valence-electron chi connectivity index (χ3n) is 2.92. The van der Waals surface area contributed by atoms with Gasteiger partial charge in [-0.05, 0) is 30.3 Å². The summed E-state index contributed by atoms with van der Waals surface area (Å²) < 4.78 is 5.18. The first-order valence-corrected chi connectivity index (χ1v) is 6.84. The van der Waals surface area contributed by atoms with Gasteiger partial charge in [0.2, 0.25) is 5.82 Å². The molecule has 0 atom stereocenters. The zero-order chi connectivity index (χ0) is 15.7. The van der Waals surface area contributed by atoms with Gasteiger partial charge in [-0.1, -0.05) is 28.4 Å². The lowest BCUT2D eigenvalue weighted by molar-refractivity contribution is -0.384. The molecule has 0 aliphatic rings. The van der Waals surface area contributed by atoms with E-state index in [1.807, 2.05) is 0 Å². The molecule has 1 heterocycles. The molecule has 0 aliphatic heterocycles. The van der Waals surface area contributed by atoms with Crippen molar-refractivity contribution in [1.29, 1.82) is 0 Å². The monoisotopic (exact) mass is 335 g/mol. The van der Waals surface area contributed by atoms with E-state index >= 15 is 0 Å². The van der Waals surface area contributed by atoms with Crippen molar-refractivity contribution in [2.24, 2.45) is 0 Å². The van der Waals surface area contributed by atoms with Crippen LogP contribution in [0.15, 0.2) is 47.0 Å². The molecule has 2 aromatic carbocycles. The maximum absolute atomic E-state index is 10.6. The van der Waals surface area contributed by atoms with Crippen molar-refractivity contribution in [3.05, 3.63) is 62.6 Å². The Morgan fingerprint density at radius 1 is 1.09 bits per heavy atom. The number of non-ortho nitro benzene ring substituents is 1. The Morgan fingerprint density at radius 3 is 2.50 bits per heavy atom. The first-order valence-electron chi connectivity index (χ1n) is 6.08. The molecule has 110 valence electrons. The van der Waals surface area contributed by atoms with E-state index < -0.39 is 4.92 Å². The molecule has 1 aromatic heterocycles. The van der Waals surface area contributed by atoms with Gasteiger partial charge in [-0.25, -0.2) is 0 Å². The summed E-state index contributed by atoms with van der Waals surface area (Å²) in [5, 5.41) is 15.4. The number of hydrogen-bond donors (Lipinski definition) is 0. The minimum atomic E-state index is -0.475.